The molecule has 3 atom stereocenters. The van der Waals surface area contributed by atoms with Gasteiger partial charge in [0.05, 0.1) is 22.7 Å². The van der Waals surface area contributed by atoms with Gasteiger partial charge in [0.2, 0.25) is 0 Å². The molecule has 2 aromatic rings. The van der Waals surface area contributed by atoms with Crippen LogP contribution in [0.3, 0.4) is 0 Å². The molecule has 0 amide bonds. The molecule has 0 spiro atoms. The Morgan fingerprint density at radius 2 is 2.33 bits per heavy atom. The number of aldehydes is 1. The number of pyridine rings is 1. The van der Waals surface area contributed by atoms with E-state index in [-0.39, 0.29) is 12.1 Å². The van der Waals surface area contributed by atoms with Gasteiger partial charge in [-0.2, -0.15) is 0 Å². The van der Waals surface area contributed by atoms with E-state index in [1.165, 1.54) is 15.6 Å². The summed E-state index contributed by atoms with van der Waals surface area (Å²) in [6.07, 6.45) is 4.89. The maximum absolute atomic E-state index is 12.0. The maximum atomic E-state index is 12.0. The standard InChI is InChI=1S/C13H14N4O2S2/c1-17-9(8-18)6-11(16-21(17)19)13-15-7-12(20-13)10-4-2-3-5-14-10/h2-5,7-9,11,16H,6H2,1H3. The monoisotopic (exact) mass is 322 g/mol. The average molecular weight is 322 g/mol. The van der Waals surface area contributed by atoms with E-state index in [1.54, 1.807) is 19.4 Å². The maximum Gasteiger partial charge on any atom is 0.171 e. The number of carbonyl (C=O) groups excluding carboxylic acids is 1. The summed E-state index contributed by atoms with van der Waals surface area (Å²) in [6, 6.07) is 5.17. The van der Waals surface area contributed by atoms with Gasteiger partial charge >= 0.3 is 0 Å². The summed E-state index contributed by atoms with van der Waals surface area (Å²) in [5.41, 5.74) is 0.863. The van der Waals surface area contributed by atoms with E-state index in [1.807, 2.05) is 18.2 Å². The highest BCUT2D eigenvalue weighted by atomic mass is 32.2. The number of nitrogens with zero attached hydrogens (tertiary/aromatic N) is 3. The number of nitrogens with one attached hydrogen (secondary N) is 1. The number of hydrogen-bond donors (Lipinski definition) is 1. The molecule has 1 fully saturated rings. The van der Waals surface area contributed by atoms with Crippen LogP contribution in [0.4, 0.5) is 0 Å². The molecular formula is C13H14N4O2S2. The van der Waals surface area contributed by atoms with Crippen molar-refractivity contribution in [3.05, 3.63) is 35.6 Å². The van der Waals surface area contributed by atoms with Crippen LogP contribution in [-0.4, -0.2) is 37.9 Å². The fourth-order valence-corrected chi connectivity index (χ4v) is 4.17. The van der Waals surface area contributed by atoms with Crippen LogP contribution < -0.4 is 4.72 Å². The van der Waals surface area contributed by atoms with Crippen LogP contribution in [-0.2, 0) is 16.0 Å². The van der Waals surface area contributed by atoms with Gasteiger partial charge in [-0.15, -0.1) is 11.3 Å². The molecule has 6 nitrogen and oxygen atoms in total. The summed E-state index contributed by atoms with van der Waals surface area (Å²) in [4.78, 5) is 20.7. The molecule has 1 aliphatic rings. The van der Waals surface area contributed by atoms with Crippen LogP contribution >= 0.6 is 11.3 Å². The molecule has 110 valence electrons. The molecular weight excluding hydrogens is 308 g/mol. The highest BCUT2D eigenvalue weighted by molar-refractivity contribution is 7.80. The second-order valence-electron chi connectivity index (χ2n) is 4.68. The summed E-state index contributed by atoms with van der Waals surface area (Å²) >= 11 is 0.126. The predicted octanol–water partition coefficient (Wildman–Crippen LogP) is 1.32. The van der Waals surface area contributed by atoms with Gasteiger partial charge in [0.25, 0.3) is 0 Å². The smallest absolute Gasteiger partial charge is 0.171 e. The zero-order valence-electron chi connectivity index (χ0n) is 11.3. The summed E-state index contributed by atoms with van der Waals surface area (Å²) < 4.78 is 16.5. The fourth-order valence-electron chi connectivity index (χ4n) is 2.13. The summed E-state index contributed by atoms with van der Waals surface area (Å²) in [7, 11) is 1.67. The van der Waals surface area contributed by atoms with Crippen LogP contribution in [0.15, 0.2) is 30.6 Å². The van der Waals surface area contributed by atoms with E-state index in [4.69, 9.17) is 0 Å². The fraction of sp³-hybridized carbons (Fsp3) is 0.308. The first-order chi connectivity index (χ1) is 10.2. The molecule has 0 bridgehead atoms. The molecule has 3 rings (SSSR count). The third-order valence-corrected chi connectivity index (χ3v) is 5.76. The lowest BCUT2D eigenvalue weighted by Gasteiger charge is -2.32. The Labute approximate surface area is 129 Å². The third kappa shape index (κ3) is 2.93. The first-order valence-corrected chi connectivity index (χ1v) is 8.34. The van der Waals surface area contributed by atoms with Crippen LogP contribution in [0.5, 0.6) is 0 Å². The van der Waals surface area contributed by atoms with E-state index in [9.17, 15) is 9.00 Å². The Morgan fingerprint density at radius 1 is 1.48 bits per heavy atom. The van der Waals surface area contributed by atoms with Crippen LogP contribution in [0.25, 0.3) is 10.6 Å². The Balaban J connectivity index is 1.83. The van der Waals surface area contributed by atoms with Crippen molar-refractivity contribution in [1.29, 1.82) is 0 Å². The van der Waals surface area contributed by atoms with Crippen molar-refractivity contribution in [2.24, 2.45) is 0 Å². The Bertz CT molecular complexity index is 661. The number of aromatic nitrogens is 2. The van der Waals surface area contributed by atoms with Gasteiger partial charge in [-0.3, -0.25) is 4.98 Å². The number of likely N-dealkylation sites (N-methyl/N-ethyl adjacent to an activating group) is 1. The molecule has 3 unspecified atom stereocenters. The van der Waals surface area contributed by atoms with Gasteiger partial charge in [0.15, 0.2) is 11.2 Å². The van der Waals surface area contributed by atoms with E-state index in [2.05, 4.69) is 14.7 Å². The highest BCUT2D eigenvalue weighted by Gasteiger charge is 2.33. The first-order valence-electron chi connectivity index (χ1n) is 6.42. The van der Waals surface area contributed by atoms with E-state index < -0.39 is 11.2 Å². The Morgan fingerprint density at radius 3 is 3.05 bits per heavy atom. The second kappa shape index (κ2) is 6.10. The minimum atomic E-state index is -1.38. The molecule has 1 aliphatic heterocycles. The molecule has 2 aromatic heterocycles. The van der Waals surface area contributed by atoms with Gasteiger partial charge < -0.3 is 4.79 Å². The van der Waals surface area contributed by atoms with Crippen molar-refractivity contribution in [3.8, 4) is 10.6 Å². The lowest BCUT2D eigenvalue weighted by atomic mass is 10.1. The number of thiazole rings is 1. The molecule has 0 saturated carbocycles. The zero-order chi connectivity index (χ0) is 14.8. The van der Waals surface area contributed by atoms with Gasteiger partial charge in [-0.25, -0.2) is 18.2 Å². The lowest BCUT2D eigenvalue weighted by molar-refractivity contribution is -0.111. The predicted molar refractivity (Wildman–Crippen MR) is 81.6 cm³/mol. The first kappa shape index (κ1) is 14.5. The molecule has 0 aromatic carbocycles. The van der Waals surface area contributed by atoms with E-state index in [0.717, 1.165) is 21.9 Å². The van der Waals surface area contributed by atoms with Crippen molar-refractivity contribution < 1.29 is 9.00 Å². The van der Waals surface area contributed by atoms with Crippen molar-refractivity contribution in [2.45, 2.75) is 18.5 Å². The lowest BCUT2D eigenvalue weighted by Crippen LogP contribution is -2.48. The molecule has 3 heterocycles. The largest absolute Gasteiger partial charge is 0.302 e. The molecule has 1 N–H and O–H groups in total. The average Bonchev–Trinajstić information content (AvgIpc) is 3.00. The van der Waals surface area contributed by atoms with Crippen molar-refractivity contribution in [2.75, 3.05) is 7.05 Å². The summed E-state index contributed by atoms with van der Waals surface area (Å²) in [5.74, 6) is 0. The van der Waals surface area contributed by atoms with E-state index >= 15 is 0 Å². The highest BCUT2D eigenvalue weighted by Crippen LogP contribution is 2.32. The third-order valence-electron chi connectivity index (χ3n) is 3.34. The van der Waals surface area contributed by atoms with E-state index in [0.29, 0.717) is 6.42 Å². The minimum Gasteiger partial charge on any atom is -0.302 e. The SMILES string of the molecule is CN1C(C=O)CC(c2ncc(-c3ccccn3)s2)NS1=O. The minimum absolute atomic E-state index is 0.181. The molecule has 8 heteroatoms. The molecule has 21 heavy (non-hydrogen) atoms. The van der Waals surface area contributed by atoms with Crippen LogP contribution in [0, 0.1) is 0 Å². The van der Waals surface area contributed by atoms with Gasteiger partial charge in [-0.1, -0.05) is 6.07 Å². The summed E-state index contributed by atoms with van der Waals surface area (Å²) in [6.45, 7) is 0. The zero-order valence-corrected chi connectivity index (χ0v) is 12.9. The molecule has 0 aliphatic carbocycles. The van der Waals surface area contributed by atoms with Crippen LogP contribution in [0.1, 0.15) is 17.5 Å². The quantitative estimate of drug-likeness (QED) is 0.865. The van der Waals surface area contributed by atoms with Gasteiger partial charge in [0, 0.05) is 19.4 Å². The van der Waals surface area contributed by atoms with Crippen molar-refractivity contribution in [1.82, 2.24) is 19.0 Å². The van der Waals surface area contributed by atoms with Crippen LogP contribution in [0.2, 0.25) is 0 Å². The van der Waals surface area contributed by atoms with Gasteiger partial charge in [-0.05, 0) is 18.6 Å². The Kier molecular flexibility index (Phi) is 4.20. The normalized spacial score (nSPS) is 26.6. The Hall–Kier alpha value is -1.48. The number of rotatable bonds is 3. The topological polar surface area (TPSA) is 75.2 Å². The summed E-state index contributed by atoms with van der Waals surface area (Å²) in [5, 5.41) is 0.823. The van der Waals surface area contributed by atoms with Gasteiger partial charge in [0.1, 0.15) is 11.3 Å². The molecule has 0 radical (unpaired) electrons. The second-order valence-corrected chi connectivity index (χ2v) is 7.05. The number of hydrogen-bond acceptors (Lipinski definition) is 5. The van der Waals surface area contributed by atoms with Crippen molar-refractivity contribution in [3.63, 3.8) is 0 Å². The van der Waals surface area contributed by atoms with Crippen molar-refractivity contribution >= 4 is 28.8 Å². The number of carbonyl (C=O) groups is 1. The molecule has 1 saturated heterocycles.